The maximum absolute atomic E-state index is 13.6. The van der Waals surface area contributed by atoms with E-state index in [9.17, 15) is 14.0 Å². The first-order chi connectivity index (χ1) is 10.1. The topological polar surface area (TPSA) is 74.8 Å². The molecular formula is C15H14FN3O2. The van der Waals surface area contributed by atoms with E-state index in [0.29, 0.717) is 19.3 Å². The summed E-state index contributed by atoms with van der Waals surface area (Å²) >= 11 is 0. The zero-order valence-electron chi connectivity index (χ0n) is 11.2. The number of carbonyl (C=O) groups excluding carboxylic acids is 1. The molecule has 0 saturated carbocycles. The molecule has 0 fully saturated rings. The molecule has 1 aliphatic carbocycles. The fourth-order valence-electron chi connectivity index (χ4n) is 2.57. The first-order valence-electron chi connectivity index (χ1n) is 6.76. The number of hydrogen-bond donors (Lipinski definition) is 2. The van der Waals surface area contributed by atoms with Gasteiger partial charge in [0.05, 0.1) is 11.3 Å². The third-order valence-corrected chi connectivity index (χ3v) is 3.63. The van der Waals surface area contributed by atoms with E-state index in [0.717, 1.165) is 11.3 Å². The second-order valence-corrected chi connectivity index (χ2v) is 5.10. The maximum Gasteiger partial charge on any atom is 0.264 e. The minimum Gasteiger partial charge on any atom is -0.349 e. The number of nitrogens with zero attached hydrogens (tertiary/aromatic N) is 1. The minimum absolute atomic E-state index is 0.0346. The van der Waals surface area contributed by atoms with Crippen LogP contribution in [0.2, 0.25) is 0 Å². The first kappa shape index (κ1) is 13.5. The van der Waals surface area contributed by atoms with Crippen molar-refractivity contribution in [2.75, 3.05) is 0 Å². The van der Waals surface area contributed by atoms with Crippen LogP contribution in [-0.2, 0) is 12.8 Å². The lowest BCUT2D eigenvalue weighted by Gasteiger charge is -2.24. The number of hydrogen-bond acceptors (Lipinski definition) is 3. The van der Waals surface area contributed by atoms with Crippen LogP contribution in [0.25, 0.3) is 0 Å². The average Bonchev–Trinajstić information content (AvgIpc) is 2.47. The van der Waals surface area contributed by atoms with Gasteiger partial charge in [-0.3, -0.25) is 9.59 Å². The van der Waals surface area contributed by atoms with Gasteiger partial charge in [-0.1, -0.05) is 12.1 Å². The largest absolute Gasteiger partial charge is 0.349 e. The third-order valence-electron chi connectivity index (χ3n) is 3.63. The molecule has 0 radical (unpaired) electrons. The van der Waals surface area contributed by atoms with E-state index in [-0.39, 0.29) is 17.2 Å². The molecule has 1 atom stereocenters. The highest BCUT2D eigenvalue weighted by Gasteiger charge is 2.22. The van der Waals surface area contributed by atoms with E-state index in [1.807, 2.05) is 0 Å². The number of aryl methyl sites for hydroxylation is 1. The number of benzene rings is 1. The Morgan fingerprint density at radius 3 is 3.00 bits per heavy atom. The number of aromatic nitrogens is 2. The van der Waals surface area contributed by atoms with E-state index >= 15 is 0 Å². The highest BCUT2D eigenvalue weighted by molar-refractivity contribution is 5.94. The lowest BCUT2D eigenvalue weighted by molar-refractivity contribution is 0.0929. The minimum atomic E-state index is -0.538. The summed E-state index contributed by atoms with van der Waals surface area (Å²) in [6.07, 6.45) is 1.92. The van der Waals surface area contributed by atoms with Gasteiger partial charge in [0.2, 0.25) is 0 Å². The highest BCUT2D eigenvalue weighted by atomic mass is 19.1. The van der Waals surface area contributed by atoms with E-state index in [4.69, 9.17) is 0 Å². The van der Waals surface area contributed by atoms with Crippen molar-refractivity contribution < 1.29 is 9.18 Å². The van der Waals surface area contributed by atoms with Crippen LogP contribution < -0.4 is 10.9 Å². The van der Waals surface area contributed by atoms with E-state index < -0.39 is 11.7 Å². The number of fused-ring (bicyclic) bond motifs is 1. The lowest BCUT2D eigenvalue weighted by atomic mass is 9.92. The van der Waals surface area contributed by atoms with Crippen LogP contribution >= 0.6 is 0 Å². The Bertz CT molecular complexity index is 742. The van der Waals surface area contributed by atoms with Gasteiger partial charge in [0.15, 0.2) is 0 Å². The third kappa shape index (κ3) is 2.84. The number of carbonyl (C=O) groups is 1. The fraction of sp³-hybridized carbons (Fsp3) is 0.267. The highest BCUT2D eigenvalue weighted by Crippen LogP contribution is 2.18. The van der Waals surface area contributed by atoms with Crippen LogP contribution in [-0.4, -0.2) is 22.1 Å². The molecule has 0 spiro atoms. The summed E-state index contributed by atoms with van der Waals surface area (Å²) in [5.74, 6) is -0.969. The lowest BCUT2D eigenvalue weighted by Crippen LogP contribution is -2.39. The van der Waals surface area contributed by atoms with Gasteiger partial charge >= 0.3 is 0 Å². The zero-order chi connectivity index (χ0) is 14.8. The van der Waals surface area contributed by atoms with Gasteiger partial charge in [-0.2, -0.15) is 5.10 Å². The summed E-state index contributed by atoms with van der Waals surface area (Å²) in [6.45, 7) is 0. The summed E-state index contributed by atoms with van der Waals surface area (Å²) in [4.78, 5) is 23.4. The van der Waals surface area contributed by atoms with E-state index in [2.05, 4.69) is 15.5 Å². The zero-order valence-corrected chi connectivity index (χ0v) is 11.2. The predicted molar refractivity (Wildman–Crippen MR) is 74.5 cm³/mol. The van der Waals surface area contributed by atoms with Crippen molar-refractivity contribution in [3.05, 3.63) is 63.3 Å². The second-order valence-electron chi connectivity index (χ2n) is 5.10. The van der Waals surface area contributed by atoms with E-state index in [1.54, 1.807) is 12.1 Å². The fourth-order valence-corrected chi connectivity index (χ4v) is 2.57. The maximum atomic E-state index is 13.6. The molecule has 0 bridgehead atoms. The summed E-state index contributed by atoms with van der Waals surface area (Å²) in [5, 5.41) is 9.22. The average molecular weight is 287 g/mol. The molecule has 0 aliphatic heterocycles. The number of halogens is 1. The van der Waals surface area contributed by atoms with Crippen molar-refractivity contribution in [1.82, 2.24) is 15.5 Å². The molecule has 2 aromatic rings. The Balaban J connectivity index is 1.74. The van der Waals surface area contributed by atoms with Crippen molar-refractivity contribution >= 4 is 5.91 Å². The summed E-state index contributed by atoms with van der Waals surface area (Å²) in [6, 6.07) is 7.26. The number of amides is 1. The summed E-state index contributed by atoms with van der Waals surface area (Å²) < 4.78 is 13.6. The molecule has 1 aromatic heterocycles. The molecule has 1 heterocycles. The van der Waals surface area contributed by atoms with Gasteiger partial charge < -0.3 is 5.32 Å². The Morgan fingerprint density at radius 1 is 1.38 bits per heavy atom. The first-order valence-corrected chi connectivity index (χ1v) is 6.76. The van der Waals surface area contributed by atoms with Gasteiger partial charge in [0.25, 0.3) is 11.5 Å². The van der Waals surface area contributed by atoms with Crippen LogP contribution in [0.3, 0.4) is 0 Å². The molecule has 2 N–H and O–H groups in total. The normalized spacial score (nSPS) is 17.1. The van der Waals surface area contributed by atoms with Gasteiger partial charge in [0, 0.05) is 12.1 Å². The second kappa shape index (κ2) is 5.47. The van der Waals surface area contributed by atoms with Crippen LogP contribution in [0.15, 0.2) is 35.1 Å². The molecule has 5 nitrogen and oxygen atoms in total. The van der Waals surface area contributed by atoms with Crippen molar-refractivity contribution in [1.29, 1.82) is 0 Å². The molecular weight excluding hydrogens is 273 g/mol. The molecule has 6 heteroatoms. The molecule has 1 amide bonds. The molecule has 108 valence electrons. The summed E-state index contributed by atoms with van der Waals surface area (Å²) in [5.41, 5.74) is 1.47. The molecule has 0 unspecified atom stereocenters. The Labute approximate surface area is 120 Å². The van der Waals surface area contributed by atoms with Crippen LogP contribution in [0.5, 0.6) is 0 Å². The quantitative estimate of drug-likeness (QED) is 0.871. The Morgan fingerprint density at radius 2 is 2.19 bits per heavy atom. The monoisotopic (exact) mass is 287 g/mol. The van der Waals surface area contributed by atoms with Gasteiger partial charge in [-0.15, -0.1) is 0 Å². The van der Waals surface area contributed by atoms with Crippen molar-refractivity contribution in [3.63, 3.8) is 0 Å². The Hall–Kier alpha value is -2.50. The van der Waals surface area contributed by atoms with Crippen LogP contribution in [0.1, 0.15) is 28.0 Å². The smallest absolute Gasteiger partial charge is 0.264 e. The van der Waals surface area contributed by atoms with Crippen molar-refractivity contribution in [2.45, 2.75) is 25.3 Å². The standard InChI is InChI=1S/C15H14FN3O2/c16-12-4-2-1-3-11(12)15(21)17-10-5-6-13-9(7-10)8-14(20)19-18-13/h1-4,8,10H,5-7H2,(H,17,21)(H,19,20)/t10-/m1/s1. The number of rotatable bonds is 2. The van der Waals surface area contributed by atoms with Gasteiger partial charge in [0.1, 0.15) is 5.82 Å². The van der Waals surface area contributed by atoms with E-state index in [1.165, 1.54) is 18.2 Å². The molecule has 1 aromatic carbocycles. The molecule has 0 saturated heterocycles. The molecule has 3 rings (SSSR count). The summed E-state index contributed by atoms with van der Waals surface area (Å²) in [7, 11) is 0. The Kier molecular flexibility index (Phi) is 3.51. The molecule has 1 aliphatic rings. The van der Waals surface area contributed by atoms with Gasteiger partial charge in [-0.05, 0) is 37.0 Å². The predicted octanol–water partition coefficient (Wildman–Crippen LogP) is 1.20. The van der Waals surface area contributed by atoms with Crippen molar-refractivity contribution in [2.24, 2.45) is 0 Å². The van der Waals surface area contributed by atoms with Crippen molar-refractivity contribution in [3.8, 4) is 0 Å². The SMILES string of the molecule is O=C(N[C@@H]1CCc2n[nH]c(=O)cc2C1)c1ccccc1F. The number of nitrogens with one attached hydrogen (secondary N) is 2. The van der Waals surface area contributed by atoms with Crippen LogP contribution in [0, 0.1) is 5.82 Å². The molecule has 21 heavy (non-hydrogen) atoms. The van der Waals surface area contributed by atoms with Gasteiger partial charge in [-0.25, -0.2) is 9.49 Å². The van der Waals surface area contributed by atoms with Crippen LogP contribution in [0.4, 0.5) is 4.39 Å². The number of aromatic amines is 1. The number of H-pyrrole nitrogens is 1.